The Labute approximate surface area is 91.8 Å². The third-order valence-corrected chi connectivity index (χ3v) is 5.01. The highest BCUT2D eigenvalue weighted by atomic mass is 14.5. The number of hydrogen-bond donors (Lipinski definition) is 0. The summed E-state index contributed by atoms with van der Waals surface area (Å²) in [6.45, 7) is 0. The van der Waals surface area contributed by atoms with Crippen LogP contribution in [0.3, 0.4) is 0 Å². The molecule has 0 nitrogen and oxygen atoms in total. The van der Waals surface area contributed by atoms with Gasteiger partial charge in [-0.15, -0.1) is 0 Å². The minimum atomic E-state index is 0.962. The topological polar surface area (TPSA) is 0 Å². The normalized spacial score (nSPS) is 45.9. The van der Waals surface area contributed by atoms with Crippen molar-refractivity contribution in [2.24, 2.45) is 23.7 Å². The molecule has 0 spiro atoms. The Morgan fingerprint density at radius 2 is 1.27 bits per heavy atom. The van der Waals surface area contributed by atoms with Crippen molar-refractivity contribution in [1.82, 2.24) is 0 Å². The summed E-state index contributed by atoms with van der Waals surface area (Å²) in [5.41, 5.74) is 3.41. The molecule has 0 aromatic rings. The minimum absolute atomic E-state index is 0.962. The highest BCUT2D eigenvalue weighted by molar-refractivity contribution is 5.46. The van der Waals surface area contributed by atoms with E-state index in [-0.39, 0.29) is 0 Å². The van der Waals surface area contributed by atoms with Crippen molar-refractivity contribution in [3.05, 3.63) is 35.5 Å². The number of rotatable bonds is 0. The second-order valence-corrected chi connectivity index (χ2v) is 5.93. The first-order chi connectivity index (χ1) is 7.40. The first-order valence-electron chi connectivity index (χ1n) is 6.49. The van der Waals surface area contributed by atoms with Crippen LogP contribution in [0.4, 0.5) is 0 Å². The van der Waals surface area contributed by atoms with E-state index < -0.39 is 0 Å². The second-order valence-electron chi connectivity index (χ2n) is 5.93. The summed E-state index contributed by atoms with van der Waals surface area (Å²) >= 11 is 0. The molecule has 0 heteroatoms. The van der Waals surface area contributed by atoms with Gasteiger partial charge in [-0.1, -0.05) is 29.9 Å². The molecule has 4 bridgehead atoms. The van der Waals surface area contributed by atoms with Crippen LogP contribution in [0, 0.1) is 23.7 Å². The van der Waals surface area contributed by atoms with Crippen molar-refractivity contribution >= 4 is 0 Å². The molecule has 0 saturated heterocycles. The standard InChI is InChI=1S/C15H18/c1-2-4-12(3-1)15-13-6-10-5-11(8-13)9-14(15)7-10/h1-4,10-11,13-14H,5-9H2. The molecule has 0 aliphatic heterocycles. The Hall–Kier alpha value is -0.780. The quantitative estimate of drug-likeness (QED) is 0.554. The Bertz CT molecular complexity index is 337. The monoisotopic (exact) mass is 198 g/mol. The van der Waals surface area contributed by atoms with Crippen molar-refractivity contribution in [3.63, 3.8) is 0 Å². The zero-order valence-electron chi connectivity index (χ0n) is 9.15. The van der Waals surface area contributed by atoms with Gasteiger partial charge in [-0.2, -0.15) is 0 Å². The van der Waals surface area contributed by atoms with Gasteiger partial charge in [-0.3, -0.25) is 0 Å². The van der Waals surface area contributed by atoms with Crippen LogP contribution < -0.4 is 0 Å². The van der Waals surface area contributed by atoms with Gasteiger partial charge in [0, 0.05) is 0 Å². The predicted octanol–water partition coefficient (Wildman–Crippen LogP) is 3.87. The molecule has 0 radical (unpaired) electrons. The van der Waals surface area contributed by atoms with Crippen LogP contribution in [0.2, 0.25) is 0 Å². The first-order valence-corrected chi connectivity index (χ1v) is 6.49. The van der Waals surface area contributed by atoms with Crippen molar-refractivity contribution in [3.8, 4) is 0 Å². The molecule has 15 heavy (non-hydrogen) atoms. The molecule has 0 aromatic carbocycles. The lowest BCUT2D eigenvalue weighted by Crippen LogP contribution is -2.40. The average Bonchev–Trinajstić information content (AvgIpc) is 2.69. The summed E-state index contributed by atoms with van der Waals surface area (Å²) in [5, 5.41) is 0. The van der Waals surface area contributed by atoms with Gasteiger partial charge in [0.2, 0.25) is 0 Å². The van der Waals surface area contributed by atoms with E-state index in [1.54, 1.807) is 12.0 Å². The molecule has 0 heterocycles. The van der Waals surface area contributed by atoms with Gasteiger partial charge < -0.3 is 0 Å². The van der Waals surface area contributed by atoms with Crippen LogP contribution in [0.1, 0.15) is 32.1 Å². The summed E-state index contributed by atoms with van der Waals surface area (Å²) in [4.78, 5) is 0. The molecule has 4 saturated carbocycles. The maximum atomic E-state index is 2.33. The van der Waals surface area contributed by atoms with Gasteiger partial charge in [0.15, 0.2) is 0 Å². The maximum Gasteiger partial charge on any atom is -0.0186 e. The fourth-order valence-electron chi connectivity index (χ4n) is 4.73. The van der Waals surface area contributed by atoms with Crippen molar-refractivity contribution < 1.29 is 0 Å². The molecule has 0 amide bonds. The van der Waals surface area contributed by atoms with Crippen molar-refractivity contribution in [2.45, 2.75) is 32.1 Å². The molecule has 5 aliphatic rings. The molecule has 0 aromatic heterocycles. The molecular formula is C15H18. The van der Waals surface area contributed by atoms with E-state index in [9.17, 15) is 0 Å². The minimum Gasteiger partial charge on any atom is -0.0617 e. The SMILES string of the molecule is C1=CC(=C2C3CC4CC(C3)CC2C4)C=C1. The van der Waals surface area contributed by atoms with E-state index in [1.807, 2.05) is 5.57 Å². The Kier molecular flexibility index (Phi) is 1.60. The largest absolute Gasteiger partial charge is 0.0617 e. The van der Waals surface area contributed by atoms with Gasteiger partial charge in [0.1, 0.15) is 0 Å². The first kappa shape index (κ1) is 8.38. The van der Waals surface area contributed by atoms with Crippen LogP contribution in [-0.2, 0) is 0 Å². The molecule has 0 unspecified atom stereocenters. The van der Waals surface area contributed by atoms with Crippen LogP contribution in [0.15, 0.2) is 35.5 Å². The molecule has 0 atom stereocenters. The summed E-state index contributed by atoms with van der Waals surface area (Å²) in [7, 11) is 0. The lowest BCUT2D eigenvalue weighted by Gasteiger charge is -2.52. The summed E-state index contributed by atoms with van der Waals surface area (Å²) in [6, 6.07) is 0. The zero-order chi connectivity index (χ0) is 9.83. The van der Waals surface area contributed by atoms with Crippen LogP contribution >= 0.6 is 0 Å². The van der Waals surface area contributed by atoms with E-state index in [0.717, 1.165) is 23.7 Å². The Morgan fingerprint density at radius 1 is 0.733 bits per heavy atom. The molecule has 5 rings (SSSR count). The Balaban J connectivity index is 1.79. The second kappa shape index (κ2) is 2.87. The fourth-order valence-corrected chi connectivity index (χ4v) is 4.73. The molecule has 78 valence electrons. The van der Waals surface area contributed by atoms with E-state index in [0.29, 0.717) is 0 Å². The summed E-state index contributed by atoms with van der Waals surface area (Å²) in [6.07, 6.45) is 16.7. The summed E-state index contributed by atoms with van der Waals surface area (Å²) in [5.74, 6) is 4.10. The highest BCUT2D eigenvalue weighted by Gasteiger charge is 2.45. The maximum absolute atomic E-state index is 2.33. The highest BCUT2D eigenvalue weighted by Crippen LogP contribution is 2.57. The van der Waals surface area contributed by atoms with Crippen LogP contribution in [0.5, 0.6) is 0 Å². The number of hydrogen-bond acceptors (Lipinski definition) is 0. The third-order valence-electron chi connectivity index (χ3n) is 5.01. The average molecular weight is 198 g/mol. The molecule has 4 fully saturated rings. The van der Waals surface area contributed by atoms with Gasteiger partial charge in [0.05, 0.1) is 0 Å². The van der Waals surface area contributed by atoms with E-state index in [1.165, 1.54) is 25.7 Å². The summed E-state index contributed by atoms with van der Waals surface area (Å²) < 4.78 is 0. The lowest BCUT2D eigenvalue weighted by molar-refractivity contribution is 0.0690. The fraction of sp³-hybridized carbons (Fsp3) is 0.600. The molecule has 0 N–H and O–H groups in total. The Morgan fingerprint density at radius 3 is 1.80 bits per heavy atom. The van der Waals surface area contributed by atoms with E-state index in [4.69, 9.17) is 0 Å². The third kappa shape index (κ3) is 1.14. The number of allylic oxidation sites excluding steroid dienone is 6. The smallest absolute Gasteiger partial charge is 0.0186 e. The lowest BCUT2D eigenvalue weighted by atomic mass is 9.53. The van der Waals surface area contributed by atoms with E-state index >= 15 is 0 Å². The molecule has 5 aliphatic carbocycles. The van der Waals surface area contributed by atoms with Gasteiger partial charge in [-0.25, -0.2) is 0 Å². The van der Waals surface area contributed by atoms with Crippen LogP contribution in [-0.4, -0.2) is 0 Å². The van der Waals surface area contributed by atoms with Crippen molar-refractivity contribution in [2.75, 3.05) is 0 Å². The van der Waals surface area contributed by atoms with E-state index in [2.05, 4.69) is 24.3 Å². The van der Waals surface area contributed by atoms with Gasteiger partial charge in [-0.05, 0) is 61.3 Å². The van der Waals surface area contributed by atoms with Crippen molar-refractivity contribution in [1.29, 1.82) is 0 Å². The van der Waals surface area contributed by atoms with Gasteiger partial charge in [0.25, 0.3) is 0 Å². The van der Waals surface area contributed by atoms with Gasteiger partial charge >= 0.3 is 0 Å². The predicted molar refractivity (Wildman–Crippen MR) is 62.4 cm³/mol. The van der Waals surface area contributed by atoms with Crippen LogP contribution in [0.25, 0.3) is 0 Å². The molecular weight excluding hydrogens is 180 g/mol. The zero-order valence-corrected chi connectivity index (χ0v) is 9.15.